The fourth-order valence-corrected chi connectivity index (χ4v) is 5.52. The van der Waals surface area contributed by atoms with Crippen molar-refractivity contribution in [2.75, 3.05) is 11.9 Å². The van der Waals surface area contributed by atoms with Gasteiger partial charge in [-0.15, -0.1) is 0 Å². The molecule has 0 aromatic heterocycles. The summed E-state index contributed by atoms with van der Waals surface area (Å²) < 4.78 is 6.46. The van der Waals surface area contributed by atoms with Crippen LogP contribution in [-0.2, 0) is 10.0 Å². The molecule has 0 aliphatic carbocycles. The van der Waals surface area contributed by atoms with Gasteiger partial charge >= 0.3 is 0 Å². The Hall–Kier alpha value is -1.56. The molecule has 138 valence electrons. The van der Waals surface area contributed by atoms with Crippen molar-refractivity contribution in [1.29, 1.82) is 0 Å². The average Bonchev–Trinajstić information content (AvgIpc) is 2.59. The number of aldehydes is 1. The van der Waals surface area contributed by atoms with Crippen molar-refractivity contribution in [3.8, 4) is 0 Å². The maximum absolute atomic E-state index is 11.5. The molecule has 2 aromatic rings. The molecule has 0 spiro atoms. The summed E-state index contributed by atoms with van der Waals surface area (Å²) in [6, 6.07) is 12.3. The third-order valence-corrected chi connectivity index (χ3v) is 7.60. The van der Waals surface area contributed by atoms with Gasteiger partial charge in [0.25, 0.3) is 0 Å². The van der Waals surface area contributed by atoms with Gasteiger partial charge in [-0.3, -0.25) is 4.79 Å². The lowest BCUT2D eigenvalue weighted by molar-refractivity contribution is 0.106. The first-order chi connectivity index (χ1) is 12.1. The molecule has 2 aromatic carbocycles. The molecule has 0 saturated carbocycles. The molecular formula is C21H27NO2SSi. The van der Waals surface area contributed by atoms with Gasteiger partial charge in [0.15, 0.2) is 16.0 Å². The molecule has 0 radical (unpaired) electrons. The van der Waals surface area contributed by atoms with Crippen molar-refractivity contribution in [2.45, 2.75) is 55.0 Å². The molecule has 0 N–H and O–H groups in total. The molecule has 0 bridgehead atoms. The van der Waals surface area contributed by atoms with E-state index in [0.717, 1.165) is 28.1 Å². The Balaban J connectivity index is 2.06. The van der Waals surface area contributed by atoms with Crippen LogP contribution in [0.5, 0.6) is 0 Å². The number of benzene rings is 2. The molecular weight excluding hydrogens is 358 g/mol. The minimum absolute atomic E-state index is 0.243. The molecule has 3 rings (SSSR count). The maximum atomic E-state index is 11.5. The van der Waals surface area contributed by atoms with E-state index in [-0.39, 0.29) is 10.6 Å². The van der Waals surface area contributed by atoms with Gasteiger partial charge in [-0.05, 0) is 36.6 Å². The molecule has 5 heteroatoms. The second-order valence-electron chi connectivity index (χ2n) is 8.49. The molecule has 1 heterocycles. The van der Waals surface area contributed by atoms with Gasteiger partial charge in [-0.25, -0.2) is 0 Å². The van der Waals surface area contributed by atoms with Crippen molar-refractivity contribution < 1.29 is 9.22 Å². The number of rotatable bonds is 4. The standard InChI is InChI=1S/C21H27NO2SSi/c1-20(2,3)26-24-21(4,5)15-10-8-12-17-19(15)25-18-14(13-23)9-7-11-16(18)22(17)6/h7-13H,26H2,1-6H3. The van der Waals surface area contributed by atoms with Crippen molar-refractivity contribution in [3.63, 3.8) is 0 Å². The second-order valence-corrected chi connectivity index (χ2v) is 12.2. The first kappa shape index (κ1) is 19.2. The van der Waals surface area contributed by atoms with Gasteiger partial charge < -0.3 is 9.33 Å². The second kappa shape index (κ2) is 6.87. The van der Waals surface area contributed by atoms with E-state index in [1.54, 1.807) is 11.8 Å². The SMILES string of the molecule is CN1c2cccc(C=O)c2Sc2c1cccc2C(C)(C)O[SiH2]C(C)(C)C. The number of anilines is 2. The van der Waals surface area contributed by atoms with Crippen LogP contribution in [0.1, 0.15) is 50.5 Å². The highest BCUT2D eigenvalue weighted by molar-refractivity contribution is 8.00. The highest BCUT2D eigenvalue weighted by Crippen LogP contribution is 2.52. The van der Waals surface area contributed by atoms with E-state index < -0.39 is 9.76 Å². The summed E-state index contributed by atoms with van der Waals surface area (Å²) in [5, 5.41) is 0.243. The molecule has 26 heavy (non-hydrogen) atoms. The Labute approximate surface area is 163 Å². The Bertz CT molecular complexity index is 842. The molecule has 0 unspecified atom stereocenters. The third-order valence-electron chi connectivity index (χ3n) is 4.59. The van der Waals surface area contributed by atoms with E-state index in [2.05, 4.69) is 70.8 Å². The highest BCUT2D eigenvalue weighted by atomic mass is 32.2. The molecule has 1 aliphatic heterocycles. The summed E-state index contributed by atoms with van der Waals surface area (Å²) in [4.78, 5) is 15.9. The maximum Gasteiger partial charge on any atom is 0.168 e. The van der Waals surface area contributed by atoms with Crippen molar-refractivity contribution in [1.82, 2.24) is 0 Å². The zero-order chi connectivity index (χ0) is 19.1. The van der Waals surface area contributed by atoms with Gasteiger partial charge in [0.1, 0.15) is 0 Å². The predicted octanol–water partition coefficient (Wildman–Crippen LogP) is 5.29. The summed E-state index contributed by atoms with van der Waals surface area (Å²) >= 11 is 1.69. The molecule has 0 saturated heterocycles. The van der Waals surface area contributed by atoms with Crippen LogP contribution in [0.3, 0.4) is 0 Å². The molecule has 1 aliphatic rings. The lowest BCUT2D eigenvalue weighted by Crippen LogP contribution is -2.29. The minimum Gasteiger partial charge on any atom is -0.415 e. The summed E-state index contributed by atoms with van der Waals surface area (Å²) in [6.45, 7) is 11.0. The fraction of sp³-hybridized carbons (Fsp3) is 0.381. The number of fused-ring (bicyclic) bond motifs is 2. The van der Waals surface area contributed by atoms with Crippen molar-refractivity contribution >= 4 is 39.2 Å². The van der Waals surface area contributed by atoms with E-state index in [9.17, 15) is 4.79 Å². The van der Waals surface area contributed by atoms with Crippen LogP contribution in [-0.4, -0.2) is 23.1 Å². The number of nitrogens with zero attached hydrogens (tertiary/aromatic N) is 1. The zero-order valence-electron chi connectivity index (χ0n) is 16.4. The van der Waals surface area contributed by atoms with Crippen LogP contribution in [0.15, 0.2) is 46.2 Å². The molecule has 3 nitrogen and oxygen atoms in total. The largest absolute Gasteiger partial charge is 0.415 e. The molecule has 0 atom stereocenters. The molecule has 0 amide bonds. The third kappa shape index (κ3) is 3.61. The Morgan fingerprint density at radius 2 is 1.62 bits per heavy atom. The molecule has 0 fully saturated rings. The van der Waals surface area contributed by atoms with Crippen LogP contribution in [0, 0.1) is 0 Å². The smallest absolute Gasteiger partial charge is 0.168 e. The Morgan fingerprint density at radius 3 is 2.23 bits per heavy atom. The number of hydrogen-bond donors (Lipinski definition) is 0. The summed E-state index contributed by atoms with van der Waals surface area (Å²) in [6.07, 6.45) is 0.946. The first-order valence-electron chi connectivity index (χ1n) is 8.91. The van der Waals surface area contributed by atoms with E-state index >= 15 is 0 Å². The fourth-order valence-electron chi connectivity index (χ4n) is 3.09. The summed E-state index contributed by atoms with van der Waals surface area (Å²) in [5.74, 6) is 0. The quantitative estimate of drug-likeness (QED) is 0.528. The number of carbonyl (C=O) groups is 1. The Kier molecular flexibility index (Phi) is 5.08. The van der Waals surface area contributed by atoms with E-state index in [1.807, 2.05) is 12.1 Å². The summed E-state index contributed by atoms with van der Waals surface area (Å²) in [7, 11) is 1.38. The van der Waals surface area contributed by atoms with Crippen LogP contribution in [0.2, 0.25) is 5.04 Å². The topological polar surface area (TPSA) is 29.5 Å². The average molecular weight is 386 g/mol. The zero-order valence-corrected chi connectivity index (χ0v) is 18.7. The van der Waals surface area contributed by atoms with Gasteiger partial charge in [0.2, 0.25) is 0 Å². The number of hydrogen-bond acceptors (Lipinski definition) is 4. The lowest BCUT2D eigenvalue weighted by atomic mass is 9.97. The van der Waals surface area contributed by atoms with Crippen LogP contribution >= 0.6 is 11.8 Å². The van der Waals surface area contributed by atoms with Crippen LogP contribution in [0.4, 0.5) is 11.4 Å². The van der Waals surface area contributed by atoms with E-state index in [0.29, 0.717) is 0 Å². The van der Waals surface area contributed by atoms with Gasteiger partial charge in [-0.2, -0.15) is 0 Å². The van der Waals surface area contributed by atoms with Gasteiger partial charge in [0.05, 0.1) is 17.0 Å². The number of carbonyl (C=O) groups excluding carboxylic acids is 1. The van der Waals surface area contributed by atoms with Crippen LogP contribution in [0.25, 0.3) is 0 Å². The van der Waals surface area contributed by atoms with Crippen molar-refractivity contribution in [3.05, 3.63) is 47.5 Å². The van der Waals surface area contributed by atoms with E-state index in [1.165, 1.54) is 10.5 Å². The summed E-state index contributed by atoms with van der Waals surface area (Å²) in [5.41, 5.74) is 3.81. The van der Waals surface area contributed by atoms with E-state index in [4.69, 9.17) is 4.43 Å². The first-order valence-corrected chi connectivity index (χ1v) is 11.0. The normalized spacial score (nSPS) is 14.5. The highest BCUT2D eigenvalue weighted by Gasteiger charge is 2.32. The lowest BCUT2D eigenvalue weighted by Gasteiger charge is -2.36. The predicted molar refractivity (Wildman–Crippen MR) is 113 cm³/mol. The van der Waals surface area contributed by atoms with Crippen molar-refractivity contribution in [2.24, 2.45) is 0 Å². The van der Waals surface area contributed by atoms with Gasteiger partial charge in [-0.1, -0.05) is 56.8 Å². The Morgan fingerprint density at radius 1 is 1.00 bits per heavy atom. The monoisotopic (exact) mass is 385 g/mol. The van der Waals surface area contributed by atoms with Crippen LogP contribution < -0.4 is 4.90 Å². The van der Waals surface area contributed by atoms with Gasteiger partial charge in [0, 0.05) is 22.4 Å². The minimum atomic E-state index is -0.686.